The molecule has 3 heteroatoms. The van der Waals surface area contributed by atoms with E-state index in [2.05, 4.69) is 52.4 Å². The summed E-state index contributed by atoms with van der Waals surface area (Å²) in [5, 5.41) is 3.59. The van der Waals surface area contributed by atoms with Crippen LogP contribution in [0.1, 0.15) is 37.8 Å². The highest BCUT2D eigenvalue weighted by Gasteiger charge is 2.09. The van der Waals surface area contributed by atoms with Gasteiger partial charge >= 0.3 is 0 Å². The molecule has 0 bridgehead atoms. The first-order valence-electron chi connectivity index (χ1n) is 6.25. The fourth-order valence-electron chi connectivity index (χ4n) is 1.83. The van der Waals surface area contributed by atoms with Crippen LogP contribution in [0.2, 0.25) is 0 Å². The van der Waals surface area contributed by atoms with Gasteiger partial charge < -0.3 is 10.1 Å². The number of benzene rings is 1. The lowest BCUT2D eigenvalue weighted by molar-refractivity contribution is 0.188. The Morgan fingerprint density at radius 2 is 2.00 bits per heavy atom. The van der Waals surface area contributed by atoms with Gasteiger partial charge in [-0.2, -0.15) is 0 Å². The van der Waals surface area contributed by atoms with E-state index in [0.717, 1.165) is 36.9 Å². The summed E-state index contributed by atoms with van der Waals surface area (Å²) < 4.78 is 6.25. The molecular formula is C14H22BrNO. The molecule has 1 N–H and O–H groups in total. The molecule has 0 spiro atoms. The molecule has 1 unspecified atom stereocenters. The van der Waals surface area contributed by atoms with Gasteiger partial charge in [0, 0.05) is 24.2 Å². The standard InChI is InChI=1S/C14H22BrNO/c1-3-10-16-14(5-4-11-17-2)12-6-8-13(15)9-7-12/h6-9,14,16H,3-5,10-11H2,1-2H3. The lowest BCUT2D eigenvalue weighted by atomic mass is 10.0. The van der Waals surface area contributed by atoms with Crippen molar-refractivity contribution in [3.8, 4) is 0 Å². The molecule has 1 aromatic carbocycles. The van der Waals surface area contributed by atoms with Crippen molar-refractivity contribution in [3.63, 3.8) is 0 Å². The van der Waals surface area contributed by atoms with E-state index in [0.29, 0.717) is 6.04 Å². The summed E-state index contributed by atoms with van der Waals surface area (Å²) in [6.07, 6.45) is 3.38. The Hall–Kier alpha value is -0.380. The monoisotopic (exact) mass is 299 g/mol. The van der Waals surface area contributed by atoms with Crippen LogP contribution in [0, 0.1) is 0 Å². The minimum absolute atomic E-state index is 0.443. The minimum Gasteiger partial charge on any atom is -0.385 e. The number of halogens is 1. The van der Waals surface area contributed by atoms with E-state index < -0.39 is 0 Å². The van der Waals surface area contributed by atoms with Gasteiger partial charge in [-0.15, -0.1) is 0 Å². The first kappa shape index (κ1) is 14.7. The van der Waals surface area contributed by atoms with E-state index in [9.17, 15) is 0 Å². The number of nitrogens with one attached hydrogen (secondary N) is 1. The second-order valence-electron chi connectivity index (χ2n) is 4.19. The predicted octanol–water partition coefficient (Wildman–Crippen LogP) is 3.92. The van der Waals surface area contributed by atoms with Crippen LogP contribution in [0.3, 0.4) is 0 Å². The van der Waals surface area contributed by atoms with Crippen molar-refractivity contribution >= 4 is 15.9 Å². The van der Waals surface area contributed by atoms with E-state index in [4.69, 9.17) is 4.74 Å². The van der Waals surface area contributed by atoms with Gasteiger partial charge in [-0.25, -0.2) is 0 Å². The highest BCUT2D eigenvalue weighted by Crippen LogP contribution is 2.21. The molecule has 1 atom stereocenters. The molecule has 17 heavy (non-hydrogen) atoms. The lowest BCUT2D eigenvalue weighted by Crippen LogP contribution is -2.22. The molecule has 0 saturated carbocycles. The van der Waals surface area contributed by atoms with Gasteiger partial charge in [0.25, 0.3) is 0 Å². The quantitative estimate of drug-likeness (QED) is 0.735. The molecule has 1 rings (SSSR count). The van der Waals surface area contributed by atoms with Crippen molar-refractivity contribution in [3.05, 3.63) is 34.3 Å². The summed E-state index contributed by atoms with van der Waals surface area (Å²) >= 11 is 3.47. The van der Waals surface area contributed by atoms with Gasteiger partial charge in [0.05, 0.1) is 0 Å². The number of ether oxygens (including phenoxy) is 1. The van der Waals surface area contributed by atoms with Crippen molar-refractivity contribution < 1.29 is 4.74 Å². The summed E-state index contributed by atoms with van der Waals surface area (Å²) in [5.41, 5.74) is 1.36. The number of hydrogen-bond acceptors (Lipinski definition) is 2. The van der Waals surface area contributed by atoms with Gasteiger partial charge in [-0.1, -0.05) is 35.0 Å². The summed E-state index contributed by atoms with van der Waals surface area (Å²) in [5.74, 6) is 0. The summed E-state index contributed by atoms with van der Waals surface area (Å²) in [6.45, 7) is 4.09. The minimum atomic E-state index is 0.443. The van der Waals surface area contributed by atoms with Crippen LogP contribution in [0.15, 0.2) is 28.7 Å². The smallest absolute Gasteiger partial charge is 0.0462 e. The molecule has 0 heterocycles. The first-order valence-corrected chi connectivity index (χ1v) is 7.05. The fourth-order valence-corrected chi connectivity index (χ4v) is 2.10. The largest absolute Gasteiger partial charge is 0.385 e. The van der Waals surface area contributed by atoms with E-state index >= 15 is 0 Å². The van der Waals surface area contributed by atoms with Gasteiger partial charge in [-0.3, -0.25) is 0 Å². The van der Waals surface area contributed by atoms with Crippen LogP contribution in [-0.4, -0.2) is 20.3 Å². The van der Waals surface area contributed by atoms with Gasteiger partial charge in [0.1, 0.15) is 0 Å². The number of rotatable bonds is 8. The number of methoxy groups -OCH3 is 1. The van der Waals surface area contributed by atoms with Gasteiger partial charge in [0.15, 0.2) is 0 Å². The van der Waals surface area contributed by atoms with E-state index in [1.165, 1.54) is 5.56 Å². The second kappa shape index (κ2) is 8.67. The van der Waals surface area contributed by atoms with Crippen molar-refractivity contribution in [2.75, 3.05) is 20.3 Å². The molecule has 0 radical (unpaired) electrons. The second-order valence-corrected chi connectivity index (χ2v) is 5.11. The maximum atomic E-state index is 5.12. The van der Waals surface area contributed by atoms with E-state index in [1.54, 1.807) is 7.11 Å². The zero-order chi connectivity index (χ0) is 12.5. The van der Waals surface area contributed by atoms with Gasteiger partial charge in [0.2, 0.25) is 0 Å². The zero-order valence-electron chi connectivity index (χ0n) is 10.7. The predicted molar refractivity (Wildman–Crippen MR) is 76.3 cm³/mol. The van der Waals surface area contributed by atoms with Crippen LogP contribution in [0.5, 0.6) is 0 Å². The maximum absolute atomic E-state index is 5.12. The summed E-state index contributed by atoms with van der Waals surface area (Å²) in [7, 11) is 1.76. The van der Waals surface area contributed by atoms with Crippen molar-refractivity contribution in [1.82, 2.24) is 5.32 Å². The van der Waals surface area contributed by atoms with Crippen molar-refractivity contribution in [1.29, 1.82) is 0 Å². The molecule has 0 saturated heterocycles. The Labute approximate surface area is 113 Å². The van der Waals surface area contributed by atoms with Crippen LogP contribution in [0.4, 0.5) is 0 Å². The van der Waals surface area contributed by atoms with E-state index in [-0.39, 0.29) is 0 Å². The Bertz CT molecular complexity index is 300. The first-order chi connectivity index (χ1) is 8.27. The third-order valence-corrected chi connectivity index (χ3v) is 3.28. The Kier molecular flexibility index (Phi) is 7.49. The molecular weight excluding hydrogens is 278 g/mol. The third-order valence-electron chi connectivity index (χ3n) is 2.75. The van der Waals surface area contributed by atoms with Crippen LogP contribution >= 0.6 is 15.9 Å². The SMILES string of the molecule is CCCNC(CCCOC)c1ccc(Br)cc1. The highest BCUT2D eigenvalue weighted by molar-refractivity contribution is 9.10. The Morgan fingerprint density at radius 3 is 2.59 bits per heavy atom. The van der Waals surface area contributed by atoms with Crippen LogP contribution < -0.4 is 5.32 Å². The molecule has 1 aromatic rings. The zero-order valence-corrected chi connectivity index (χ0v) is 12.3. The Balaban J connectivity index is 2.57. The summed E-state index contributed by atoms with van der Waals surface area (Å²) in [6, 6.07) is 9.02. The average molecular weight is 300 g/mol. The molecule has 96 valence electrons. The maximum Gasteiger partial charge on any atom is 0.0462 e. The van der Waals surface area contributed by atoms with Crippen molar-refractivity contribution in [2.45, 2.75) is 32.2 Å². The Morgan fingerprint density at radius 1 is 1.29 bits per heavy atom. The molecule has 0 fully saturated rings. The molecule has 0 aliphatic carbocycles. The van der Waals surface area contributed by atoms with Gasteiger partial charge in [-0.05, 0) is 43.5 Å². The van der Waals surface area contributed by atoms with E-state index in [1.807, 2.05) is 0 Å². The lowest BCUT2D eigenvalue weighted by Gasteiger charge is -2.19. The van der Waals surface area contributed by atoms with Crippen LogP contribution in [0.25, 0.3) is 0 Å². The molecule has 0 aliphatic heterocycles. The summed E-state index contributed by atoms with van der Waals surface area (Å²) in [4.78, 5) is 0. The van der Waals surface area contributed by atoms with Crippen LogP contribution in [-0.2, 0) is 4.74 Å². The number of hydrogen-bond donors (Lipinski definition) is 1. The molecule has 0 aliphatic rings. The normalized spacial score (nSPS) is 12.6. The third kappa shape index (κ3) is 5.66. The molecule has 2 nitrogen and oxygen atoms in total. The molecule has 0 aromatic heterocycles. The topological polar surface area (TPSA) is 21.3 Å². The fraction of sp³-hybridized carbons (Fsp3) is 0.571. The highest BCUT2D eigenvalue weighted by atomic mass is 79.9. The average Bonchev–Trinajstić information content (AvgIpc) is 2.35. The molecule has 0 amide bonds. The van der Waals surface area contributed by atoms with Crippen molar-refractivity contribution in [2.24, 2.45) is 0 Å².